The summed E-state index contributed by atoms with van der Waals surface area (Å²) < 4.78 is 36.1. The standard InChI is InChI=1S/C29H34NO7P/c1-2-3-19-27(30-29(32)35-21-25-15-9-5-10-16-25)38(33,36-22-26-17-11-6-12-18-26)37-23-28(31)34-20-24-13-7-4-8-14-24/h4-18,27H,2-3,19-23H2,1H3,(H,30,32). The first-order valence-corrected chi connectivity index (χ1v) is 14.2. The summed E-state index contributed by atoms with van der Waals surface area (Å²) in [5, 5.41) is 2.65. The second-order valence-corrected chi connectivity index (χ2v) is 10.8. The molecule has 38 heavy (non-hydrogen) atoms. The highest BCUT2D eigenvalue weighted by Crippen LogP contribution is 2.54. The van der Waals surface area contributed by atoms with Gasteiger partial charge in [0.05, 0.1) is 6.61 Å². The Hall–Kier alpha value is -3.45. The SMILES string of the molecule is CCCCC(NC(=O)OCc1ccccc1)P(=O)(OCC(=O)OCc1ccccc1)OCc1ccccc1. The third-order valence-electron chi connectivity index (χ3n) is 5.57. The fourth-order valence-corrected chi connectivity index (χ4v) is 5.30. The highest BCUT2D eigenvalue weighted by atomic mass is 31.2. The number of unbranched alkanes of at least 4 members (excludes halogenated alkanes) is 1. The van der Waals surface area contributed by atoms with E-state index in [0.29, 0.717) is 12.8 Å². The van der Waals surface area contributed by atoms with Gasteiger partial charge in [0.25, 0.3) is 0 Å². The van der Waals surface area contributed by atoms with Crippen molar-refractivity contribution >= 4 is 19.7 Å². The highest BCUT2D eigenvalue weighted by molar-refractivity contribution is 7.54. The van der Waals surface area contributed by atoms with Crippen LogP contribution in [0.4, 0.5) is 4.79 Å². The van der Waals surface area contributed by atoms with Gasteiger partial charge >= 0.3 is 19.7 Å². The average Bonchev–Trinajstić information content (AvgIpc) is 2.96. The van der Waals surface area contributed by atoms with E-state index in [9.17, 15) is 14.2 Å². The Morgan fingerprint density at radius 1 is 0.737 bits per heavy atom. The zero-order valence-electron chi connectivity index (χ0n) is 21.5. The lowest BCUT2D eigenvalue weighted by atomic mass is 10.2. The smallest absolute Gasteiger partial charge is 0.408 e. The number of esters is 1. The minimum atomic E-state index is -4.04. The van der Waals surface area contributed by atoms with Crippen LogP contribution in [0.15, 0.2) is 91.0 Å². The van der Waals surface area contributed by atoms with Crippen LogP contribution in [-0.2, 0) is 47.7 Å². The molecule has 0 heterocycles. The molecule has 0 saturated heterocycles. The number of carbonyl (C=O) groups is 2. The maximum Gasteiger partial charge on any atom is 0.408 e. The third-order valence-corrected chi connectivity index (χ3v) is 7.70. The van der Waals surface area contributed by atoms with E-state index in [1.165, 1.54) is 0 Å². The van der Waals surface area contributed by atoms with Crippen LogP contribution in [0, 0.1) is 0 Å². The van der Waals surface area contributed by atoms with E-state index in [-0.39, 0.29) is 19.8 Å². The van der Waals surface area contributed by atoms with Gasteiger partial charge in [-0.2, -0.15) is 0 Å². The molecule has 3 aromatic carbocycles. The summed E-state index contributed by atoms with van der Waals surface area (Å²) in [5.74, 6) is -1.71. The van der Waals surface area contributed by atoms with E-state index in [4.69, 9.17) is 18.5 Å². The summed E-state index contributed by atoms with van der Waals surface area (Å²) >= 11 is 0. The number of nitrogens with one attached hydrogen (secondary N) is 1. The van der Waals surface area contributed by atoms with Crippen molar-refractivity contribution in [3.8, 4) is 0 Å². The first-order chi connectivity index (χ1) is 18.5. The molecule has 1 amide bonds. The molecule has 2 atom stereocenters. The molecule has 202 valence electrons. The highest BCUT2D eigenvalue weighted by Gasteiger charge is 2.38. The molecule has 0 bridgehead atoms. The zero-order valence-corrected chi connectivity index (χ0v) is 22.4. The second-order valence-electron chi connectivity index (χ2n) is 8.58. The van der Waals surface area contributed by atoms with Gasteiger partial charge in [-0.3, -0.25) is 9.09 Å². The van der Waals surface area contributed by atoms with Gasteiger partial charge in [0.2, 0.25) is 0 Å². The Balaban J connectivity index is 1.68. The van der Waals surface area contributed by atoms with Crippen LogP contribution >= 0.6 is 7.60 Å². The Bertz CT molecular complexity index is 1160. The molecular formula is C29H34NO7P. The number of hydrogen-bond donors (Lipinski definition) is 1. The lowest BCUT2D eigenvalue weighted by Crippen LogP contribution is -2.36. The number of benzene rings is 3. The molecule has 2 unspecified atom stereocenters. The average molecular weight is 540 g/mol. The van der Waals surface area contributed by atoms with Crippen LogP contribution < -0.4 is 5.32 Å². The summed E-state index contributed by atoms with van der Waals surface area (Å²) in [7, 11) is -4.04. The van der Waals surface area contributed by atoms with Gasteiger partial charge < -0.3 is 19.3 Å². The van der Waals surface area contributed by atoms with E-state index in [1.54, 1.807) is 0 Å². The zero-order chi connectivity index (χ0) is 27.1. The van der Waals surface area contributed by atoms with Crippen molar-refractivity contribution in [2.24, 2.45) is 0 Å². The van der Waals surface area contributed by atoms with Crippen molar-refractivity contribution in [3.05, 3.63) is 108 Å². The van der Waals surface area contributed by atoms with Gasteiger partial charge in [-0.25, -0.2) is 9.59 Å². The molecule has 0 spiro atoms. The van der Waals surface area contributed by atoms with Gasteiger partial charge in [0.1, 0.15) is 19.0 Å². The Labute approximate surface area is 223 Å². The topological polar surface area (TPSA) is 100 Å². The molecule has 0 aliphatic carbocycles. The molecule has 8 nitrogen and oxygen atoms in total. The van der Waals surface area contributed by atoms with E-state index in [0.717, 1.165) is 23.1 Å². The van der Waals surface area contributed by atoms with Gasteiger partial charge in [0.15, 0.2) is 6.61 Å². The predicted molar refractivity (Wildman–Crippen MR) is 144 cm³/mol. The molecule has 3 aromatic rings. The van der Waals surface area contributed by atoms with Crippen molar-refractivity contribution < 1.29 is 32.7 Å². The predicted octanol–water partition coefficient (Wildman–Crippen LogP) is 6.60. The number of ether oxygens (including phenoxy) is 2. The van der Waals surface area contributed by atoms with Gasteiger partial charge in [-0.1, -0.05) is 111 Å². The summed E-state index contributed by atoms with van der Waals surface area (Å²) in [4.78, 5) is 25.1. The van der Waals surface area contributed by atoms with Gasteiger partial charge in [-0.15, -0.1) is 0 Å². The quantitative estimate of drug-likeness (QED) is 0.172. The van der Waals surface area contributed by atoms with Crippen molar-refractivity contribution in [1.82, 2.24) is 5.32 Å². The summed E-state index contributed by atoms with van der Waals surface area (Å²) in [6.07, 6.45) is 0.982. The van der Waals surface area contributed by atoms with Crippen LogP contribution in [0.25, 0.3) is 0 Å². The minimum absolute atomic E-state index is 0.0272. The lowest BCUT2D eigenvalue weighted by Gasteiger charge is -2.27. The number of carbonyl (C=O) groups excluding carboxylic acids is 2. The van der Waals surface area contributed by atoms with Gasteiger partial charge in [0, 0.05) is 0 Å². The van der Waals surface area contributed by atoms with E-state index >= 15 is 0 Å². The van der Waals surface area contributed by atoms with Crippen LogP contribution in [0.1, 0.15) is 42.9 Å². The monoisotopic (exact) mass is 539 g/mol. The molecule has 0 aliphatic rings. The molecule has 9 heteroatoms. The second kappa shape index (κ2) is 15.7. The van der Waals surface area contributed by atoms with Crippen molar-refractivity contribution in [3.63, 3.8) is 0 Å². The minimum Gasteiger partial charge on any atom is -0.459 e. The molecule has 0 radical (unpaired) electrons. The number of hydrogen-bond acceptors (Lipinski definition) is 7. The molecule has 0 aliphatic heterocycles. The maximum absolute atomic E-state index is 14.1. The van der Waals surface area contributed by atoms with Crippen LogP contribution in [0.2, 0.25) is 0 Å². The summed E-state index contributed by atoms with van der Waals surface area (Å²) in [5.41, 5.74) is 2.39. The van der Waals surface area contributed by atoms with E-state index in [1.807, 2.05) is 97.9 Å². The fraction of sp³-hybridized carbons (Fsp3) is 0.310. The third kappa shape index (κ3) is 10.1. The summed E-state index contributed by atoms with van der Waals surface area (Å²) in [6.45, 7) is 1.46. The van der Waals surface area contributed by atoms with Crippen molar-refractivity contribution in [1.29, 1.82) is 0 Å². The van der Waals surface area contributed by atoms with Crippen molar-refractivity contribution in [2.75, 3.05) is 6.61 Å². The van der Waals surface area contributed by atoms with Crippen molar-refractivity contribution in [2.45, 2.75) is 51.8 Å². The molecular weight excluding hydrogens is 505 g/mol. The first kappa shape index (κ1) is 29.1. The number of alkyl carbamates (subject to hydrolysis) is 1. The lowest BCUT2D eigenvalue weighted by molar-refractivity contribution is -0.147. The molecule has 1 N–H and O–H groups in total. The fourth-order valence-electron chi connectivity index (χ4n) is 3.49. The normalized spacial score (nSPS) is 13.2. The molecule has 0 fully saturated rings. The molecule has 3 rings (SSSR count). The first-order valence-electron chi connectivity index (χ1n) is 12.6. The Morgan fingerprint density at radius 2 is 1.24 bits per heavy atom. The van der Waals surface area contributed by atoms with E-state index < -0.39 is 32.0 Å². The molecule has 0 aromatic heterocycles. The Kier molecular flexibility index (Phi) is 12.0. The van der Waals surface area contributed by atoms with Crippen LogP contribution in [0.5, 0.6) is 0 Å². The number of rotatable bonds is 15. The van der Waals surface area contributed by atoms with Gasteiger partial charge in [-0.05, 0) is 23.1 Å². The van der Waals surface area contributed by atoms with Crippen LogP contribution in [-0.4, -0.2) is 24.5 Å². The maximum atomic E-state index is 14.1. The van der Waals surface area contributed by atoms with Crippen LogP contribution in [0.3, 0.4) is 0 Å². The Morgan fingerprint density at radius 3 is 1.76 bits per heavy atom. The largest absolute Gasteiger partial charge is 0.459 e. The number of amides is 1. The summed E-state index contributed by atoms with van der Waals surface area (Å²) in [6, 6.07) is 27.6. The molecule has 0 saturated carbocycles. The van der Waals surface area contributed by atoms with E-state index in [2.05, 4.69) is 5.32 Å².